The molecular formula is C26H29N3O2S. The van der Waals surface area contributed by atoms with E-state index in [2.05, 4.69) is 40.7 Å². The summed E-state index contributed by atoms with van der Waals surface area (Å²) in [5.41, 5.74) is 2.81. The molecule has 32 heavy (non-hydrogen) atoms. The van der Waals surface area contributed by atoms with Crippen LogP contribution < -0.4 is 0 Å². The Labute approximate surface area is 193 Å². The van der Waals surface area contributed by atoms with Crippen LogP contribution in [-0.2, 0) is 22.4 Å². The van der Waals surface area contributed by atoms with Gasteiger partial charge in [-0.3, -0.25) is 14.6 Å². The number of hydrogen-bond donors (Lipinski definition) is 0. The number of thiophene rings is 1. The number of benzene rings is 1. The molecule has 3 aromatic rings. The van der Waals surface area contributed by atoms with E-state index in [9.17, 15) is 9.59 Å². The summed E-state index contributed by atoms with van der Waals surface area (Å²) in [4.78, 5) is 35.2. The first-order valence-electron chi connectivity index (χ1n) is 11.0. The van der Waals surface area contributed by atoms with Crippen molar-refractivity contribution in [2.45, 2.75) is 25.7 Å². The average molecular weight is 448 g/mol. The zero-order valence-electron chi connectivity index (χ0n) is 18.7. The minimum atomic E-state index is -0.498. The van der Waals surface area contributed by atoms with Gasteiger partial charge in [0, 0.05) is 44.5 Å². The molecule has 5 nitrogen and oxygen atoms in total. The molecule has 1 fully saturated rings. The van der Waals surface area contributed by atoms with Crippen molar-refractivity contribution in [3.05, 3.63) is 77.4 Å². The molecule has 2 aromatic heterocycles. The summed E-state index contributed by atoms with van der Waals surface area (Å²) in [5, 5.41) is 2.08. The molecule has 0 saturated carbocycles. The predicted molar refractivity (Wildman–Crippen MR) is 128 cm³/mol. The lowest BCUT2D eigenvalue weighted by molar-refractivity contribution is -0.146. The molecule has 3 heterocycles. The van der Waals surface area contributed by atoms with Gasteiger partial charge >= 0.3 is 0 Å². The number of carbonyl (C=O) groups excluding carboxylic acids is 2. The number of rotatable bonds is 6. The molecule has 0 unspecified atom stereocenters. The summed E-state index contributed by atoms with van der Waals surface area (Å²) in [6, 6.07) is 16.3. The number of aromatic nitrogens is 1. The summed E-state index contributed by atoms with van der Waals surface area (Å²) < 4.78 is 0. The van der Waals surface area contributed by atoms with E-state index in [-0.39, 0.29) is 11.8 Å². The van der Waals surface area contributed by atoms with E-state index in [1.807, 2.05) is 37.2 Å². The lowest BCUT2D eigenvalue weighted by Gasteiger charge is -2.42. The SMILES string of the molecule is CN(C)C(=O)C1(Cc2ccccc2-c2cccs2)CCN(C(=O)Cc2cccnc2)CC1. The smallest absolute Gasteiger partial charge is 0.228 e. The number of pyridine rings is 1. The van der Waals surface area contributed by atoms with Crippen molar-refractivity contribution in [2.24, 2.45) is 5.41 Å². The van der Waals surface area contributed by atoms with E-state index >= 15 is 0 Å². The molecule has 0 aliphatic carbocycles. The topological polar surface area (TPSA) is 53.5 Å². The summed E-state index contributed by atoms with van der Waals surface area (Å²) in [6.07, 6.45) is 5.82. The van der Waals surface area contributed by atoms with Gasteiger partial charge in [0.15, 0.2) is 0 Å². The molecule has 2 amide bonds. The zero-order valence-corrected chi connectivity index (χ0v) is 19.5. The Hall–Kier alpha value is -2.99. The first-order valence-corrected chi connectivity index (χ1v) is 11.9. The average Bonchev–Trinajstić information content (AvgIpc) is 3.35. The van der Waals surface area contributed by atoms with E-state index in [0.717, 1.165) is 5.56 Å². The molecule has 0 bridgehead atoms. The molecule has 6 heteroatoms. The third-order valence-corrected chi connectivity index (χ3v) is 7.25. The minimum absolute atomic E-state index is 0.0999. The van der Waals surface area contributed by atoms with Crippen LogP contribution in [0, 0.1) is 5.41 Å². The van der Waals surface area contributed by atoms with Crippen LogP contribution in [0.2, 0.25) is 0 Å². The van der Waals surface area contributed by atoms with Crippen LogP contribution in [0.25, 0.3) is 10.4 Å². The van der Waals surface area contributed by atoms with Gasteiger partial charge < -0.3 is 9.80 Å². The Balaban J connectivity index is 1.54. The van der Waals surface area contributed by atoms with Gasteiger partial charge in [-0.05, 0) is 53.5 Å². The van der Waals surface area contributed by atoms with Crippen LogP contribution in [0.5, 0.6) is 0 Å². The highest BCUT2D eigenvalue weighted by Crippen LogP contribution is 2.40. The maximum Gasteiger partial charge on any atom is 0.228 e. The van der Waals surface area contributed by atoms with Crippen LogP contribution in [0.3, 0.4) is 0 Å². The molecule has 0 atom stereocenters. The molecule has 1 saturated heterocycles. The van der Waals surface area contributed by atoms with Crippen molar-refractivity contribution in [3.63, 3.8) is 0 Å². The zero-order chi connectivity index (χ0) is 22.6. The number of carbonyl (C=O) groups is 2. The van der Waals surface area contributed by atoms with E-state index in [4.69, 9.17) is 0 Å². The van der Waals surface area contributed by atoms with Crippen molar-refractivity contribution < 1.29 is 9.59 Å². The third kappa shape index (κ3) is 4.75. The van der Waals surface area contributed by atoms with Crippen LogP contribution >= 0.6 is 11.3 Å². The van der Waals surface area contributed by atoms with Crippen LogP contribution in [-0.4, -0.2) is 53.8 Å². The van der Waals surface area contributed by atoms with Gasteiger partial charge in [0.2, 0.25) is 11.8 Å². The second-order valence-electron chi connectivity index (χ2n) is 8.71. The van der Waals surface area contributed by atoms with Gasteiger partial charge in [0.25, 0.3) is 0 Å². The Kier molecular flexibility index (Phi) is 6.70. The Morgan fingerprint density at radius 1 is 1.06 bits per heavy atom. The monoisotopic (exact) mass is 447 g/mol. The molecule has 1 aliphatic rings. The fraction of sp³-hybridized carbons (Fsp3) is 0.346. The lowest BCUT2D eigenvalue weighted by atomic mass is 9.72. The highest BCUT2D eigenvalue weighted by molar-refractivity contribution is 7.13. The van der Waals surface area contributed by atoms with Crippen LogP contribution in [0.4, 0.5) is 0 Å². The van der Waals surface area contributed by atoms with E-state index in [1.165, 1.54) is 16.0 Å². The van der Waals surface area contributed by atoms with Crippen LogP contribution in [0.1, 0.15) is 24.0 Å². The summed E-state index contributed by atoms with van der Waals surface area (Å²) in [7, 11) is 3.66. The van der Waals surface area contributed by atoms with E-state index < -0.39 is 5.41 Å². The van der Waals surface area contributed by atoms with Gasteiger partial charge in [-0.15, -0.1) is 11.3 Å². The molecule has 1 aliphatic heterocycles. The van der Waals surface area contributed by atoms with Gasteiger partial charge in [0.1, 0.15) is 0 Å². The lowest BCUT2D eigenvalue weighted by Crippen LogP contribution is -2.51. The van der Waals surface area contributed by atoms with E-state index in [1.54, 1.807) is 28.6 Å². The van der Waals surface area contributed by atoms with Crippen molar-refractivity contribution in [1.82, 2.24) is 14.8 Å². The highest BCUT2D eigenvalue weighted by Gasteiger charge is 2.43. The summed E-state index contributed by atoms with van der Waals surface area (Å²) >= 11 is 1.72. The predicted octanol–water partition coefficient (Wildman–Crippen LogP) is 4.29. The molecule has 0 radical (unpaired) electrons. The normalized spacial score (nSPS) is 15.4. The summed E-state index contributed by atoms with van der Waals surface area (Å²) in [5.74, 6) is 0.251. The van der Waals surface area contributed by atoms with Crippen molar-refractivity contribution >= 4 is 23.2 Å². The number of nitrogens with zero attached hydrogens (tertiary/aromatic N) is 3. The number of amides is 2. The number of likely N-dealkylation sites (tertiary alicyclic amines) is 1. The fourth-order valence-corrected chi connectivity index (χ4v) is 5.41. The molecule has 0 spiro atoms. The third-order valence-electron chi connectivity index (χ3n) is 6.34. The Morgan fingerprint density at radius 2 is 1.84 bits per heavy atom. The Morgan fingerprint density at radius 3 is 2.50 bits per heavy atom. The fourth-order valence-electron chi connectivity index (χ4n) is 4.63. The van der Waals surface area contributed by atoms with Crippen molar-refractivity contribution in [3.8, 4) is 10.4 Å². The quantitative estimate of drug-likeness (QED) is 0.566. The standard InChI is InChI=1S/C26H29N3O2S/c1-28(2)25(31)26(18-21-8-3-4-9-22(21)23-10-6-16-32-23)11-14-29(15-12-26)24(30)17-20-7-5-13-27-19-20/h3-10,13,16,19H,11-12,14-15,17-18H2,1-2H3. The van der Waals surface area contributed by atoms with Gasteiger partial charge in [-0.2, -0.15) is 0 Å². The Bertz CT molecular complexity index is 1060. The molecule has 4 rings (SSSR count). The highest BCUT2D eigenvalue weighted by atomic mass is 32.1. The maximum atomic E-state index is 13.4. The largest absolute Gasteiger partial charge is 0.348 e. The second-order valence-corrected chi connectivity index (χ2v) is 9.66. The summed E-state index contributed by atoms with van der Waals surface area (Å²) in [6.45, 7) is 1.19. The molecule has 166 valence electrons. The number of hydrogen-bond acceptors (Lipinski definition) is 4. The first kappa shape index (κ1) is 22.2. The van der Waals surface area contributed by atoms with Gasteiger partial charge in [-0.25, -0.2) is 0 Å². The minimum Gasteiger partial charge on any atom is -0.348 e. The molecule has 1 aromatic carbocycles. The van der Waals surface area contributed by atoms with E-state index in [0.29, 0.717) is 38.8 Å². The van der Waals surface area contributed by atoms with Crippen molar-refractivity contribution in [2.75, 3.05) is 27.2 Å². The van der Waals surface area contributed by atoms with Crippen LogP contribution in [0.15, 0.2) is 66.3 Å². The maximum absolute atomic E-state index is 13.4. The number of piperidine rings is 1. The first-order chi connectivity index (χ1) is 15.5. The molecule has 0 N–H and O–H groups in total. The van der Waals surface area contributed by atoms with Gasteiger partial charge in [-0.1, -0.05) is 36.4 Å². The second kappa shape index (κ2) is 9.65. The molecular weight excluding hydrogens is 418 g/mol. The van der Waals surface area contributed by atoms with Crippen molar-refractivity contribution in [1.29, 1.82) is 0 Å². The van der Waals surface area contributed by atoms with Gasteiger partial charge in [0.05, 0.1) is 11.8 Å².